The fourth-order valence-electron chi connectivity index (χ4n) is 0.821. The van der Waals surface area contributed by atoms with Crippen LogP contribution in [-0.2, 0) is 0 Å². The molecule has 0 radical (unpaired) electrons. The third-order valence-corrected chi connectivity index (χ3v) is 1.53. The molecule has 0 aliphatic heterocycles. The van der Waals surface area contributed by atoms with Gasteiger partial charge in [-0.05, 0) is 24.5 Å². The summed E-state index contributed by atoms with van der Waals surface area (Å²) in [5.74, 6) is 0.542. The maximum absolute atomic E-state index is 4.28. The number of aryl methyl sites for hydroxylation is 1. The van der Waals surface area contributed by atoms with Gasteiger partial charge in [-0.2, -0.15) is 0 Å². The topological polar surface area (TPSA) is 12.9 Å². The first-order chi connectivity index (χ1) is 6.70. The summed E-state index contributed by atoms with van der Waals surface area (Å²) in [6, 6.07) is 4.18. The lowest BCUT2D eigenvalue weighted by molar-refractivity contribution is 0.821. The van der Waals surface area contributed by atoms with Gasteiger partial charge in [0.15, 0.2) is 0 Å². The van der Waals surface area contributed by atoms with E-state index in [0.717, 1.165) is 0 Å². The molecular formula is C13H25N. The molecule has 0 aliphatic carbocycles. The largest absolute Gasteiger partial charge is 0.261 e. The van der Waals surface area contributed by atoms with E-state index in [1.165, 1.54) is 11.3 Å². The number of aromatic nitrogens is 1. The lowest BCUT2D eigenvalue weighted by Gasteiger charge is -2.02. The molecule has 0 atom stereocenters. The Morgan fingerprint density at radius 1 is 1.00 bits per heavy atom. The zero-order valence-electron chi connectivity index (χ0n) is 10.8. The molecule has 0 aromatic carbocycles. The smallest absolute Gasteiger partial charge is 0.0429 e. The van der Waals surface area contributed by atoms with E-state index >= 15 is 0 Å². The van der Waals surface area contributed by atoms with Crippen molar-refractivity contribution in [1.29, 1.82) is 0 Å². The Bertz CT molecular complexity index is 199. The first-order valence-electron chi connectivity index (χ1n) is 5.62. The molecule has 14 heavy (non-hydrogen) atoms. The summed E-state index contributed by atoms with van der Waals surface area (Å²) in [7, 11) is 0. The molecule has 0 saturated carbocycles. The summed E-state index contributed by atoms with van der Waals surface area (Å²) in [5.41, 5.74) is 2.40. The van der Waals surface area contributed by atoms with Crippen molar-refractivity contribution in [3.05, 3.63) is 29.6 Å². The van der Waals surface area contributed by atoms with E-state index < -0.39 is 0 Å². The Morgan fingerprint density at radius 3 is 1.79 bits per heavy atom. The van der Waals surface area contributed by atoms with Crippen molar-refractivity contribution in [2.24, 2.45) is 0 Å². The van der Waals surface area contributed by atoms with Crippen LogP contribution in [0.2, 0.25) is 0 Å². The van der Waals surface area contributed by atoms with Crippen LogP contribution in [0.5, 0.6) is 0 Å². The third kappa shape index (κ3) is 6.64. The molecule has 1 rings (SSSR count). The van der Waals surface area contributed by atoms with E-state index in [9.17, 15) is 0 Å². The minimum atomic E-state index is 0.542. The summed E-state index contributed by atoms with van der Waals surface area (Å²) in [5, 5.41) is 0. The maximum atomic E-state index is 4.28. The number of hydrogen-bond donors (Lipinski definition) is 0. The monoisotopic (exact) mass is 195 g/mol. The van der Waals surface area contributed by atoms with Gasteiger partial charge in [-0.1, -0.05) is 47.6 Å². The van der Waals surface area contributed by atoms with Gasteiger partial charge in [0.1, 0.15) is 0 Å². The molecule has 1 heteroatoms. The Kier molecular flexibility index (Phi) is 11.4. The zero-order chi connectivity index (χ0) is 11.6. The van der Waals surface area contributed by atoms with Crippen LogP contribution in [0.3, 0.4) is 0 Å². The van der Waals surface area contributed by atoms with Crippen LogP contribution in [0.25, 0.3) is 0 Å². The second kappa shape index (κ2) is 10.2. The van der Waals surface area contributed by atoms with Gasteiger partial charge >= 0.3 is 0 Å². The predicted octanol–water partition coefficient (Wildman–Crippen LogP) is 4.57. The highest BCUT2D eigenvalue weighted by molar-refractivity contribution is 5.14. The molecule has 0 saturated heterocycles. The van der Waals surface area contributed by atoms with Crippen molar-refractivity contribution < 1.29 is 0 Å². The minimum Gasteiger partial charge on any atom is -0.261 e. The van der Waals surface area contributed by atoms with Crippen LogP contribution in [0.15, 0.2) is 18.3 Å². The quantitative estimate of drug-likeness (QED) is 0.640. The molecule has 1 aromatic rings. The predicted molar refractivity (Wildman–Crippen MR) is 65.8 cm³/mol. The van der Waals surface area contributed by atoms with Crippen LogP contribution in [0.4, 0.5) is 0 Å². The molecule has 1 aromatic heterocycles. The van der Waals surface area contributed by atoms with E-state index in [4.69, 9.17) is 0 Å². The SMILES string of the molecule is CC.CC.Cc1ccc(C(C)C)nc1. The van der Waals surface area contributed by atoms with Gasteiger partial charge in [0, 0.05) is 11.9 Å². The van der Waals surface area contributed by atoms with Crippen molar-refractivity contribution in [2.45, 2.75) is 54.4 Å². The lowest BCUT2D eigenvalue weighted by Crippen LogP contribution is -1.90. The molecule has 0 amide bonds. The van der Waals surface area contributed by atoms with Crippen LogP contribution in [0.1, 0.15) is 58.7 Å². The lowest BCUT2D eigenvalue weighted by atomic mass is 10.1. The second-order valence-electron chi connectivity index (χ2n) is 2.92. The van der Waals surface area contributed by atoms with Crippen molar-refractivity contribution in [2.75, 3.05) is 0 Å². The van der Waals surface area contributed by atoms with E-state index in [1.54, 1.807) is 0 Å². The zero-order valence-corrected chi connectivity index (χ0v) is 10.8. The van der Waals surface area contributed by atoms with Gasteiger partial charge in [-0.3, -0.25) is 4.98 Å². The molecule has 1 heterocycles. The van der Waals surface area contributed by atoms with Crippen LogP contribution in [0, 0.1) is 6.92 Å². The molecule has 0 aliphatic rings. The van der Waals surface area contributed by atoms with E-state index in [0.29, 0.717) is 5.92 Å². The van der Waals surface area contributed by atoms with Crippen molar-refractivity contribution in [3.63, 3.8) is 0 Å². The summed E-state index contributed by atoms with van der Waals surface area (Å²) in [6.45, 7) is 14.4. The van der Waals surface area contributed by atoms with Crippen LogP contribution in [-0.4, -0.2) is 4.98 Å². The summed E-state index contributed by atoms with van der Waals surface area (Å²) in [6.07, 6.45) is 1.91. The summed E-state index contributed by atoms with van der Waals surface area (Å²) in [4.78, 5) is 4.28. The minimum absolute atomic E-state index is 0.542. The Balaban J connectivity index is 0. The third-order valence-electron chi connectivity index (χ3n) is 1.53. The van der Waals surface area contributed by atoms with E-state index in [-0.39, 0.29) is 0 Å². The molecular weight excluding hydrogens is 170 g/mol. The first-order valence-corrected chi connectivity index (χ1v) is 5.62. The molecule has 0 unspecified atom stereocenters. The van der Waals surface area contributed by atoms with E-state index in [2.05, 4.69) is 37.9 Å². The molecule has 82 valence electrons. The fraction of sp³-hybridized carbons (Fsp3) is 0.615. The van der Waals surface area contributed by atoms with Gasteiger partial charge in [0.25, 0.3) is 0 Å². The van der Waals surface area contributed by atoms with Crippen LogP contribution >= 0.6 is 0 Å². The number of rotatable bonds is 1. The van der Waals surface area contributed by atoms with Gasteiger partial charge < -0.3 is 0 Å². The Morgan fingerprint density at radius 2 is 1.50 bits per heavy atom. The molecule has 0 fully saturated rings. The van der Waals surface area contributed by atoms with Gasteiger partial charge in [-0.15, -0.1) is 0 Å². The molecule has 1 nitrogen and oxygen atoms in total. The van der Waals surface area contributed by atoms with Crippen molar-refractivity contribution in [3.8, 4) is 0 Å². The van der Waals surface area contributed by atoms with Crippen LogP contribution < -0.4 is 0 Å². The number of nitrogens with zero attached hydrogens (tertiary/aromatic N) is 1. The Hall–Kier alpha value is -0.850. The van der Waals surface area contributed by atoms with Crippen molar-refractivity contribution >= 4 is 0 Å². The summed E-state index contributed by atoms with van der Waals surface area (Å²) >= 11 is 0. The molecule has 0 spiro atoms. The fourth-order valence-corrected chi connectivity index (χ4v) is 0.821. The first kappa shape index (κ1) is 15.6. The Labute approximate surface area is 89.6 Å². The average molecular weight is 195 g/mol. The highest BCUT2D eigenvalue weighted by atomic mass is 14.7. The number of pyridine rings is 1. The van der Waals surface area contributed by atoms with Crippen molar-refractivity contribution in [1.82, 2.24) is 4.98 Å². The van der Waals surface area contributed by atoms with Gasteiger partial charge in [-0.25, -0.2) is 0 Å². The van der Waals surface area contributed by atoms with Gasteiger partial charge in [0.05, 0.1) is 0 Å². The normalized spacial score (nSPS) is 8.29. The molecule has 0 bridgehead atoms. The van der Waals surface area contributed by atoms with Gasteiger partial charge in [0.2, 0.25) is 0 Å². The van der Waals surface area contributed by atoms with E-state index in [1.807, 2.05) is 33.9 Å². The standard InChI is InChI=1S/C9H13N.2C2H6/c1-7(2)9-5-4-8(3)6-10-9;2*1-2/h4-7H,1-3H3;2*1-2H3. The highest BCUT2D eigenvalue weighted by Crippen LogP contribution is 2.10. The maximum Gasteiger partial charge on any atom is 0.0429 e. The highest BCUT2D eigenvalue weighted by Gasteiger charge is 1.97. The summed E-state index contributed by atoms with van der Waals surface area (Å²) < 4.78 is 0. The number of hydrogen-bond acceptors (Lipinski definition) is 1. The second-order valence-corrected chi connectivity index (χ2v) is 2.92. The molecule has 0 N–H and O–H groups in total. The average Bonchev–Trinajstić information content (AvgIpc) is 2.24.